The Balaban J connectivity index is 1.07. The zero-order valence-electron chi connectivity index (χ0n) is 33.5. The fraction of sp³-hybridized carbons (Fsp3) is 0. The predicted octanol–water partition coefficient (Wildman–Crippen LogP) is 15.3. The van der Waals surface area contributed by atoms with Crippen LogP contribution in [0.1, 0.15) is 0 Å². The average Bonchev–Trinajstić information content (AvgIpc) is 3.91. The predicted molar refractivity (Wildman–Crippen MR) is 260 cm³/mol. The molecule has 0 bridgehead atoms. The first-order valence-corrected chi connectivity index (χ1v) is 21.7. The maximum Gasteiger partial charge on any atom is 0.166 e. The highest BCUT2D eigenvalue weighted by Gasteiger charge is 2.22. The molecule has 0 unspecified atom stereocenters. The largest absolute Gasteiger partial charge is 0.308 e. The van der Waals surface area contributed by atoms with E-state index in [1.807, 2.05) is 23.5 Å². The minimum Gasteiger partial charge on any atom is -0.308 e. The van der Waals surface area contributed by atoms with Crippen LogP contribution in [0.15, 0.2) is 218 Å². The van der Waals surface area contributed by atoms with Gasteiger partial charge >= 0.3 is 0 Å². The van der Waals surface area contributed by atoms with Gasteiger partial charge in [0.05, 0.1) is 16.7 Å². The molecule has 5 heteroatoms. The molecule has 12 aromatic rings. The van der Waals surface area contributed by atoms with Gasteiger partial charge in [0.25, 0.3) is 0 Å². The summed E-state index contributed by atoms with van der Waals surface area (Å²) in [7, 11) is 0. The van der Waals surface area contributed by atoms with Gasteiger partial charge in [-0.2, -0.15) is 0 Å². The van der Waals surface area contributed by atoms with E-state index in [1.54, 1.807) is 0 Å². The lowest BCUT2D eigenvalue weighted by Gasteiger charge is -2.15. The van der Waals surface area contributed by atoms with Gasteiger partial charge in [-0.25, -0.2) is 15.0 Å². The number of nitrogens with zero attached hydrogens (tertiary/aromatic N) is 4. The van der Waals surface area contributed by atoms with Crippen molar-refractivity contribution in [2.75, 3.05) is 0 Å². The quantitative estimate of drug-likeness (QED) is 0.161. The number of fused-ring (bicyclic) bond motifs is 7. The molecule has 4 nitrogen and oxygen atoms in total. The van der Waals surface area contributed by atoms with Crippen LogP contribution in [0.3, 0.4) is 0 Å². The van der Waals surface area contributed by atoms with Crippen LogP contribution < -0.4 is 0 Å². The molecule has 62 heavy (non-hydrogen) atoms. The Kier molecular flexibility index (Phi) is 8.65. The lowest BCUT2D eigenvalue weighted by molar-refractivity contribution is 1.06. The van der Waals surface area contributed by atoms with Crippen LogP contribution in [-0.2, 0) is 0 Å². The highest BCUT2D eigenvalue weighted by Crippen LogP contribution is 2.46. The lowest BCUT2D eigenvalue weighted by atomic mass is 10.0. The molecule has 12 rings (SSSR count). The molecule has 290 valence electrons. The van der Waals surface area contributed by atoms with Gasteiger partial charge in [0, 0.05) is 47.6 Å². The summed E-state index contributed by atoms with van der Waals surface area (Å²) < 4.78 is 4.98. The van der Waals surface area contributed by atoms with Gasteiger partial charge in [-0.3, -0.25) is 0 Å². The Hall–Kier alpha value is -7.99. The minimum absolute atomic E-state index is 0.610. The van der Waals surface area contributed by atoms with E-state index in [1.165, 1.54) is 47.6 Å². The Bertz CT molecular complexity index is 3610. The molecule has 0 spiro atoms. The van der Waals surface area contributed by atoms with E-state index in [2.05, 4.69) is 211 Å². The second-order valence-corrected chi connectivity index (χ2v) is 16.6. The van der Waals surface area contributed by atoms with Gasteiger partial charge in [-0.15, -0.1) is 11.3 Å². The minimum atomic E-state index is 0.610. The van der Waals surface area contributed by atoms with Gasteiger partial charge in [-0.05, 0) is 69.8 Å². The summed E-state index contributed by atoms with van der Waals surface area (Å²) in [6, 6.07) is 77.2. The van der Waals surface area contributed by atoms with Crippen LogP contribution in [0, 0.1) is 0 Å². The number of para-hydroxylation sites is 2. The van der Waals surface area contributed by atoms with Crippen molar-refractivity contribution in [3.63, 3.8) is 0 Å². The van der Waals surface area contributed by atoms with E-state index in [0.717, 1.165) is 50.1 Å². The van der Waals surface area contributed by atoms with Gasteiger partial charge in [-0.1, -0.05) is 182 Å². The van der Waals surface area contributed by atoms with Crippen molar-refractivity contribution in [3.8, 4) is 73.2 Å². The number of hydrogen-bond acceptors (Lipinski definition) is 4. The average molecular weight is 809 g/mol. The molecule has 0 N–H and O–H groups in total. The molecule has 0 aliphatic rings. The van der Waals surface area contributed by atoms with Gasteiger partial charge < -0.3 is 4.57 Å². The Morgan fingerprint density at radius 3 is 1.63 bits per heavy atom. The molecule has 3 aromatic heterocycles. The molecule has 0 saturated heterocycles. The first-order valence-electron chi connectivity index (χ1n) is 20.9. The molecule has 0 fully saturated rings. The summed E-state index contributed by atoms with van der Waals surface area (Å²) in [4.78, 5) is 15.8. The zero-order chi connectivity index (χ0) is 41.0. The Morgan fingerprint density at radius 2 is 0.855 bits per heavy atom. The second kappa shape index (κ2) is 14.9. The first-order chi connectivity index (χ1) is 30.7. The van der Waals surface area contributed by atoms with Crippen LogP contribution in [0.5, 0.6) is 0 Å². The summed E-state index contributed by atoms with van der Waals surface area (Å²) in [6.45, 7) is 0. The van der Waals surface area contributed by atoms with E-state index in [4.69, 9.17) is 15.0 Å². The third-order valence-corrected chi connectivity index (χ3v) is 13.1. The maximum absolute atomic E-state index is 5.32. The standard InChI is InChI=1S/C57H36N4S/c1-4-16-37(17-5-1)39-30-32-41(33-31-39)55-58-56(43-23-14-22-42(36-43)38-18-6-2-7-19-38)60-57(59-55)46-25-11-13-29-49(46)61-48-28-12-10-24-45(48)52-50(61)34-35-51-53(52)47-27-15-26-44(54(47)62-51)40-20-8-3-9-21-40/h1-36H. The van der Waals surface area contributed by atoms with E-state index < -0.39 is 0 Å². The topological polar surface area (TPSA) is 43.6 Å². The Labute approximate surface area is 362 Å². The van der Waals surface area contributed by atoms with Crippen LogP contribution in [0.2, 0.25) is 0 Å². The molecule has 0 amide bonds. The third-order valence-electron chi connectivity index (χ3n) is 11.9. The van der Waals surface area contributed by atoms with E-state index >= 15 is 0 Å². The van der Waals surface area contributed by atoms with Crippen LogP contribution >= 0.6 is 11.3 Å². The number of rotatable bonds is 7. The van der Waals surface area contributed by atoms with Crippen molar-refractivity contribution in [3.05, 3.63) is 218 Å². The summed E-state index contributed by atoms with van der Waals surface area (Å²) in [5.41, 5.74) is 13.1. The zero-order valence-corrected chi connectivity index (χ0v) is 34.3. The van der Waals surface area contributed by atoms with Crippen molar-refractivity contribution < 1.29 is 0 Å². The van der Waals surface area contributed by atoms with E-state index in [9.17, 15) is 0 Å². The number of aromatic nitrogens is 4. The van der Waals surface area contributed by atoms with Crippen molar-refractivity contribution in [1.82, 2.24) is 19.5 Å². The highest BCUT2D eigenvalue weighted by molar-refractivity contribution is 7.26. The van der Waals surface area contributed by atoms with Gasteiger partial charge in [0.15, 0.2) is 17.5 Å². The van der Waals surface area contributed by atoms with Crippen molar-refractivity contribution in [1.29, 1.82) is 0 Å². The molecule has 3 heterocycles. The molecule has 0 atom stereocenters. The van der Waals surface area contributed by atoms with Crippen LogP contribution in [0.25, 0.3) is 115 Å². The molecule has 0 saturated carbocycles. The van der Waals surface area contributed by atoms with Crippen molar-refractivity contribution in [2.45, 2.75) is 0 Å². The first kappa shape index (κ1) is 35.9. The molecule has 0 aliphatic heterocycles. The maximum atomic E-state index is 5.32. The lowest BCUT2D eigenvalue weighted by Crippen LogP contribution is -2.03. The smallest absolute Gasteiger partial charge is 0.166 e. The van der Waals surface area contributed by atoms with Gasteiger partial charge in [0.1, 0.15) is 0 Å². The van der Waals surface area contributed by atoms with Crippen LogP contribution in [0.4, 0.5) is 0 Å². The summed E-state index contributed by atoms with van der Waals surface area (Å²) in [5.74, 6) is 1.85. The van der Waals surface area contributed by atoms with Gasteiger partial charge in [0.2, 0.25) is 0 Å². The molecule has 0 radical (unpaired) electrons. The number of thiophene rings is 1. The molecule has 0 aliphatic carbocycles. The highest BCUT2D eigenvalue weighted by atomic mass is 32.1. The third kappa shape index (κ3) is 6.09. The number of hydrogen-bond donors (Lipinski definition) is 0. The second-order valence-electron chi connectivity index (χ2n) is 15.5. The van der Waals surface area contributed by atoms with E-state index in [0.29, 0.717) is 17.5 Å². The summed E-state index contributed by atoms with van der Waals surface area (Å²) in [6.07, 6.45) is 0. The molecule has 9 aromatic carbocycles. The normalized spacial score (nSPS) is 11.5. The van der Waals surface area contributed by atoms with E-state index in [-0.39, 0.29) is 0 Å². The molecular formula is C57H36N4S. The SMILES string of the molecule is c1ccc(-c2ccc(-c3nc(-c4cccc(-c5ccccc5)c4)nc(-c4ccccc4-n4c5ccccc5c5c6c(ccc54)sc4c(-c5ccccc5)cccc46)n3)cc2)cc1. The monoisotopic (exact) mass is 808 g/mol. The fourth-order valence-corrected chi connectivity index (χ4v) is 10.2. The molecular weight excluding hydrogens is 773 g/mol. The summed E-state index contributed by atoms with van der Waals surface area (Å²) in [5, 5.41) is 5.02. The Morgan fingerprint density at radius 1 is 0.323 bits per heavy atom. The number of benzene rings is 9. The fourth-order valence-electron chi connectivity index (χ4n) is 8.98. The van der Waals surface area contributed by atoms with Crippen molar-refractivity contribution in [2.24, 2.45) is 0 Å². The summed E-state index contributed by atoms with van der Waals surface area (Å²) >= 11 is 1.87. The van der Waals surface area contributed by atoms with Crippen molar-refractivity contribution >= 4 is 53.3 Å². The van der Waals surface area contributed by atoms with Crippen LogP contribution in [-0.4, -0.2) is 19.5 Å².